The number of nitrogens with zero attached hydrogens (tertiary/aromatic N) is 1. The van der Waals surface area contributed by atoms with Crippen molar-refractivity contribution in [2.75, 3.05) is 39.3 Å². The van der Waals surface area contributed by atoms with Crippen LogP contribution in [-0.4, -0.2) is 62.0 Å². The van der Waals surface area contributed by atoms with Crippen LogP contribution in [0, 0.1) is 0 Å². The third kappa shape index (κ3) is 6.39. The summed E-state index contributed by atoms with van der Waals surface area (Å²) in [5, 5.41) is 7.16. The molecule has 4 N–H and O–H groups in total. The minimum absolute atomic E-state index is 0.0877. The molecule has 156 valence electrons. The van der Waals surface area contributed by atoms with E-state index in [1.165, 1.54) is 15.3 Å². The molecule has 1 aliphatic rings. The molecule has 1 saturated heterocycles. The van der Waals surface area contributed by atoms with Gasteiger partial charge in [-0.1, -0.05) is 36.4 Å². The van der Waals surface area contributed by atoms with Crippen LogP contribution >= 0.6 is 11.3 Å². The van der Waals surface area contributed by atoms with Crippen molar-refractivity contribution >= 4 is 23.2 Å². The lowest BCUT2D eigenvalue weighted by Gasteiger charge is -2.31. The molecular formula is C22H32N4O2S+2. The lowest BCUT2D eigenvalue weighted by atomic mass is 10.1. The van der Waals surface area contributed by atoms with Gasteiger partial charge in [0.1, 0.15) is 6.04 Å². The average Bonchev–Trinajstić information content (AvgIpc) is 3.23. The van der Waals surface area contributed by atoms with E-state index in [-0.39, 0.29) is 23.9 Å². The normalized spacial score (nSPS) is 16.0. The Labute approximate surface area is 176 Å². The molecule has 2 aromatic rings. The number of rotatable bonds is 8. The summed E-state index contributed by atoms with van der Waals surface area (Å²) < 4.78 is 0. The number of benzene rings is 1. The van der Waals surface area contributed by atoms with Gasteiger partial charge in [0, 0.05) is 11.6 Å². The molecule has 7 heteroatoms. The molecule has 2 heterocycles. The van der Waals surface area contributed by atoms with E-state index in [1.54, 1.807) is 11.3 Å². The van der Waals surface area contributed by atoms with Gasteiger partial charge < -0.3 is 20.4 Å². The molecule has 1 aromatic heterocycles. The van der Waals surface area contributed by atoms with Crippen LogP contribution in [0.1, 0.15) is 30.3 Å². The van der Waals surface area contributed by atoms with Crippen molar-refractivity contribution in [2.45, 2.75) is 25.9 Å². The van der Waals surface area contributed by atoms with Crippen LogP contribution in [0.5, 0.6) is 0 Å². The number of thiophene rings is 1. The quantitative estimate of drug-likeness (QED) is 0.551. The van der Waals surface area contributed by atoms with Gasteiger partial charge in [-0.05, 0) is 25.3 Å². The number of carbonyl (C=O) groups is 2. The third-order valence-electron chi connectivity index (χ3n) is 5.22. The summed E-state index contributed by atoms with van der Waals surface area (Å²) in [6, 6.07) is 14.9. The zero-order valence-electron chi connectivity index (χ0n) is 17.3. The van der Waals surface area contributed by atoms with Crippen LogP contribution in [0.25, 0.3) is 0 Å². The van der Waals surface area contributed by atoms with E-state index in [2.05, 4.69) is 40.3 Å². The number of hydrogen-bond acceptors (Lipinski definition) is 3. The fraction of sp³-hybridized carbons (Fsp3) is 0.455. The molecule has 0 bridgehead atoms. The zero-order chi connectivity index (χ0) is 20.6. The van der Waals surface area contributed by atoms with Crippen molar-refractivity contribution in [2.24, 2.45) is 0 Å². The summed E-state index contributed by atoms with van der Waals surface area (Å²) in [5.41, 5.74) is 1.22. The molecule has 2 amide bonds. The van der Waals surface area contributed by atoms with Gasteiger partial charge in [0.25, 0.3) is 11.8 Å². The monoisotopic (exact) mass is 416 g/mol. The second kappa shape index (κ2) is 10.5. The fourth-order valence-electron chi connectivity index (χ4n) is 3.74. The summed E-state index contributed by atoms with van der Waals surface area (Å²) >= 11 is 1.73. The first kappa shape index (κ1) is 21.5. The van der Waals surface area contributed by atoms with E-state index < -0.39 is 0 Å². The Hall–Kier alpha value is -2.22. The molecule has 3 rings (SSSR count). The summed E-state index contributed by atoms with van der Waals surface area (Å²) in [7, 11) is 0. The highest BCUT2D eigenvalue weighted by Gasteiger charge is 2.27. The molecule has 0 radical (unpaired) electrons. The largest absolute Gasteiger partial charge is 0.349 e. The molecule has 0 saturated carbocycles. The topological polar surface area (TPSA) is 70.5 Å². The van der Waals surface area contributed by atoms with Crippen LogP contribution in [0.2, 0.25) is 0 Å². The van der Waals surface area contributed by atoms with E-state index in [0.29, 0.717) is 26.2 Å². The number of quaternary nitrogens is 2. The smallest absolute Gasteiger partial charge is 0.278 e. The maximum absolute atomic E-state index is 12.8. The number of hydrogen-bond donors (Lipinski definition) is 3. The first-order valence-corrected chi connectivity index (χ1v) is 11.2. The summed E-state index contributed by atoms with van der Waals surface area (Å²) in [6.07, 6.45) is 0. The summed E-state index contributed by atoms with van der Waals surface area (Å²) in [4.78, 5) is 29.2. The van der Waals surface area contributed by atoms with Crippen molar-refractivity contribution in [3.05, 3.63) is 58.3 Å². The Balaban J connectivity index is 1.49. The Morgan fingerprint density at radius 1 is 1.14 bits per heavy atom. The summed E-state index contributed by atoms with van der Waals surface area (Å²) in [5.74, 6) is 0.262. The van der Waals surface area contributed by atoms with Gasteiger partial charge >= 0.3 is 0 Å². The van der Waals surface area contributed by atoms with Crippen LogP contribution in [0.3, 0.4) is 0 Å². The van der Waals surface area contributed by atoms with E-state index >= 15 is 0 Å². The van der Waals surface area contributed by atoms with Gasteiger partial charge in [0.05, 0.1) is 31.1 Å². The second-order valence-corrected chi connectivity index (χ2v) is 8.85. The number of nitrogens with one attached hydrogen (secondary N) is 2. The van der Waals surface area contributed by atoms with Crippen molar-refractivity contribution in [1.82, 2.24) is 10.2 Å². The Kier molecular flexibility index (Phi) is 7.80. The predicted octanol–water partition coefficient (Wildman–Crippen LogP) is -0.347. The molecule has 1 fully saturated rings. The summed E-state index contributed by atoms with van der Waals surface area (Å²) in [6.45, 7) is 7.94. The van der Waals surface area contributed by atoms with E-state index in [0.717, 1.165) is 13.1 Å². The van der Waals surface area contributed by atoms with E-state index in [4.69, 9.17) is 0 Å². The lowest BCUT2D eigenvalue weighted by molar-refractivity contribution is -0.896. The number of piperazine rings is 1. The standard InChI is InChI=1S/C22H30N4O2S/c1-17(2)24-20(27)16-25-10-12-26(13-11-25)21(28)15-23-22(19-9-6-14-29-19)18-7-4-3-5-8-18/h3-9,14,17,22-23H,10-13,15-16H2,1-2H3,(H,24,27)/p+2/t22-/m1/s1. The molecular weight excluding hydrogens is 384 g/mol. The fourth-order valence-corrected chi connectivity index (χ4v) is 4.59. The van der Waals surface area contributed by atoms with Gasteiger partial charge in [-0.3, -0.25) is 9.59 Å². The van der Waals surface area contributed by atoms with Crippen LogP contribution in [0.4, 0.5) is 0 Å². The highest BCUT2D eigenvalue weighted by molar-refractivity contribution is 7.10. The minimum Gasteiger partial charge on any atom is -0.349 e. The van der Waals surface area contributed by atoms with Crippen molar-refractivity contribution in [3.8, 4) is 0 Å². The minimum atomic E-state index is 0.0877. The molecule has 6 nitrogen and oxygen atoms in total. The Bertz CT molecular complexity index is 771. The molecule has 1 aliphatic heterocycles. The van der Waals surface area contributed by atoms with E-state index in [9.17, 15) is 9.59 Å². The average molecular weight is 417 g/mol. The first-order valence-electron chi connectivity index (χ1n) is 10.4. The van der Waals surface area contributed by atoms with Gasteiger partial charge in [0.15, 0.2) is 13.1 Å². The van der Waals surface area contributed by atoms with Crippen LogP contribution in [0.15, 0.2) is 47.8 Å². The molecule has 1 atom stereocenters. The molecule has 0 aliphatic carbocycles. The SMILES string of the molecule is CC(C)NC(=O)C[NH+]1CCN(C(=O)C[NH2+][C@H](c2ccccc2)c2cccs2)CC1. The maximum Gasteiger partial charge on any atom is 0.278 e. The van der Waals surface area contributed by atoms with Gasteiger partial charge in [-0.25, -0.2) is 0 Å². The lowest BCUT2D eigenvalue weighted by Crippen LogP contribution is -3.16. The number of amides is 2. The van der Waals surface area contributed by atoms with Gasteiger partial charge in [-0.2, -0.15) is 0 Å². The number of nitrogens with two attached hydrogens (primary N) is 1. The number of carbonyl (C=O) groups excluding carboxylic acids is 2. The molecule has 0 spiro atoms. The van der Waals surface area contributed by atoms with Crippen LogP contribution < -0.4 is 15.5 Å². The van der Waals surface area contributed by atoms with Gasteiger partial charge in [0.2, 0.25) is 0 Å². The van der Waals surface area contributed by atoms with Gasteiger partial charge in [-0.15, -0.1) is 11.3 Å². The molecule has 0 unspecified atom stereocenters. The van der Waals surface area contributed by atoms with E-state index in [1.807, 2.05) is 36.9 Å². The second-order valence-electron chi connectivity index (χ2n) is 7.87. The van der Waals surface area contributed by atoms with Crippen LogP contribution in [-0.2, 0) is 9.59 Å². The zero-order valence-corrected chi connectivity index (χ0v) is 18.1. The molecule has 29 heavy (non-hydrogen) atoms. The Morgan fingerprint density at radius 3 is 2.48 bits per heavy atom. The highest BCUT2D eigenvalue weighted by Crippen LogP contribution is 2.22. The predicted molar refractivity (Wildman–Crippen MR) is 115 cm³/mol. The van der Waals surface area contributed by atoms with Crippen molar-refractivity contribution in [1.29, 1.82) is 0 Å². The maximum atomic E-state index is 12.8. The van der Waals surface area contributed by atoms with Crippen molar-refractivity contribution in [3.63, 3.8) is 0 Å². The highest BCUT2D eigenvalue weighted by atomic mass is 32.1. The van der Waals surface area contributed by atoms with Crippen molar-refractivity contribution < 1.29 is 19.8 Å². The molecule has 1 aromatic carbocycles. The third-order valence-corrected chi connectivity index (χ3v) is 6.18. The first-order chi connectivity index (χ1) is 14.0. The Morgan fingerprint density at radius 2 is 1.86 bits per heavy atom.